The van der Waals surface area contributed by atoms with Crippen LogP contribution in [0.3, 0.4) is 0 Å². The predicted octanol–water partition coefficient (Wildman–Crippen LogP) is 3.97. The normalized spacial score (nSPS) is 30.9. The second kappa shape index (κ2) is 19.5. The number of halogens is 2. The van der Waals surface area contributed by atoms with Gasteiger partial charge in [0.05, 0.1) is 35.7 Å². The summed E-state index contributed by atoms with van der Waals surface area (Å²) in [7, 11) is 2.03. The SMILES string of the molecule is CC(C)C[C@H]1C(=O)N2CCC[C@H]2[C@]2(O)O[C@](NC(=O)[C@@H]3C=C4c5cccc6[nH]c(Br)c(c56)C[C@H]4N(C)C3)(C(C)C)C(=O)N12.O=C(O[C@H]1C[C@H]2CC[C@@H](C1)[N+]21CCCC1)C(O)(c1ccccc1)c1ccccc1.[Cl-]. The highest BCUT2D eigenvalue weighted by Crippen LogP contribution is 2.50. The number of rotatable bonds is 9. The number of fused-ring (bicyclic) bond motifs is 5. The van der Waals surface area contributed by atoms with Gasteiger partial charge in [0.2, 0.25) is 23.1 Å². The summed E-state index contributed by atoms with van der Waals surface area (Å²) in [5, 5.41) is 27.9. The molecule has 6 saturated heterocycles. The van der Waals surface area contributed by atoms with Gasteiger partial charge in [-0.15, -0.1) is 0 Å². The zero-order valence-corrected chi connectivity index (χ0v) is 44.9. The monoisotopic (exact) mass is 1080 g/mol. The van der Waals surface area contributed by atoms with Crippen molar-refractivity contribution in [2.45, 2.75) is 145 Å². The molecule has 2 bridgehead atoms. The molecule has 3 aromatic carbocycles. The quantitative estimate of drug-likeness (QED) is 0.144. The van der Waals surface area contributed by atoms with Crippen molar-refractivity contribution in [3.05, 3.63) is 112 Å². The highest BCUT2D eigenvalue weighted by molar-refractivity contribution is 9.10. The lowest BCUT2D eigenvalue weighted by Crippen LogP contribution is -3.00. The van der Waals surface area contributed by atoms with Gasteiger partial charge >= 0.3 is 5.97 Å². The van der Waals surface area contributed by atoms with E-state index in [0.29, 0.717) is 49.1 Å². The maximum Gasteiger partial charge on any atom is 0.347 e. The molecule has 1 aromatic heterocycles. The number of ether oxygens (including phenoxy) is 2. The van der Waals surface area contributed by atoms with E-state index in [1.165, 1.54) is 59.1 Å². The van der Waals surface area contributed by atoms with Crippen LogP contribution in [0.25, 0.3) is 16.5 Å². The summed E-state index contributed by atoms with van der Waals surface area (Å²) in [6, 6.07) is 24.3. The molecule has 4 aromatic rings. The van der Waals surface area contributed by atoms with Crippen LogP contribution in [0.1, 0.15) is 108 Å². The molecule has 8 heterocycles. The van der Waals surface area contributed by atoms with E-state index in [1.54, 1.807) is 43.0 Å². The minimum atomic E-state index is -2.01. The first-order chi connectivity index (χ1) is 34.5. The number of piperidine rings is 1. The third-order valence-corrected chi connectivity index (χ3v) is 18.6. The Balaban J connectivity index is 0.000000178. The molecule has 12 rings (SSSR count). The number of amides is 3. The standard InChI is InChI=1S/C32H40BrN5O5.C25H30NO3.ClH/c1-16(2)12-24-29(40)37-11-7-10-25(37)32(42)38(24)30(41)31(43-32,17(3)4)35-28(39)18-13-20-19-8-6-9-22-26(19)21(27(33)34-22)14-23(20)36(5)15-18;27-24(25(28,19-9-3-1-4-10-19)20-11-5-2-6-12-20)29-23-17-21-13-14-22(18-23)26(21)15-7-8-16-26;/h6,8-9,13,16-18,23-25,34,42H,7,10-12,14-15H2,1-5H3,(H,35,39);1-6,9-12,21-23,28H,7-8,13-18H2;1H/q;+1;/p-1/t18-,23-,24+,25+,31-,32+;21-,22+,23+;/m1../s1. The van der Waals surface area contributed by atoms with Gasteiger partial charge in [-0.3, -0.25) is 28.9 Å². The Bertz CT molecular complexity index is 2750. The van der Waals surface area contributed by atoms with Crippen LogP contribution in [0.4, 0.5) is 0 Å². The molecule has 14 nitrogen and oxygen atoms in total. The van der Waals surface area contributed by atoms with Crippen molar-refractivity contribution in [1.29, 1.82) is 0 Å². The van der Waals surface area contributed by atoms with Gasteiger partial charge in [-0.1, -0.05) is 107 Å². The fourth-order valence-corrected chi connectivity index (χ4v) is 15.0. The number of nitrogens with zero attached hydrogens (tertiary/aromatic N) is 4. The Morgan fingerprint density at radius 1 is 0.932 bits per heavy atom. The molecule has 0 saturated carbocycles. The number of piperazine rings is 1. The predicted molar refractivity (Wildman–Crippen MR) is 275 cm³/mol. The van der Waals surface area contributed by atoms with E-state index in [9.17, 15) is 29.4 Å². The number of carbonyl (C=O) groups is 4. The average molecular weight is 1080 g/mol. The third-order valence-electron chi connectivity index (χ3n) is 18.0. The van der Waals surface area contributed by atoms with Gasteiger partial charge in [0.15, 0.2) is 0 Å². The summed E-state index contributed by atoms with van der Waals surface area (Å²) in [5.74, 6) is -4.56. The van der Waals surface area contributed by atoms with Gasteiger partial charge < -0.3 is 47.0 Å². The van der Waals surface area contributed by atoms with Gasteiger partial charge in [-0.25, -0.2) is 4.79 Å². The number of hydrogen-bond donors (Lipinski definition) is 4. The van der Waals surface area contributed by atoms with Gasteiger partial charge in [0.1, 0.15) is 18.2 Å². The number of aromatic nitrogens is 1. The number of aromatic amines is 1. The molecule has 4 N–H and O–H groups in total. The molecular formula is C57H70BrClN6O8. The van der Waals surface area contributed by atoms with E-state index in [-0.39, 0.29) is 42.3 Å². The smallest absolute Gasteiger partial charge is 0.347 e. The Morgan fingerprint density at radius 3 is 2.19 bits per heavy atom. The Kier molecular flexibility index (Phi) is 13.9. The second-order valence-corrected chi connectivity index (χ2v) is 23.6. The van der Waals surface area contributed by atoms with E-state index >= 15 is 0 Å². The minimum Gasteiger partial charge on any atom is -1.00 e. The van der Waals surface area contributed by atoms with Gasteiger partial charge in [0, 0.05) is 74.5 Å². The minimum absolute atomic E-state index is 0. The van der Waals surface area contributed by atoms with E-state index in [1.807, 2.05) is 69.4 Å². The molecule has 6 fully saturated rings. The lowest BCUT2D eigenvalue weighted by molar-refractivity contribution is -0.956. The molecule has 73 heavy (non-hydrogen) atoms. The lowest BCUT2D eigenvalue weighted by atomic mass is 9.79. The van der Waals surface area contributed by atoms with Crippen LogP contribution in [0.15, 0.2) is 89.5 Å². The van der Waals surface area contributed by atoms with Crippen molar-refractivity contribution >= 4 is 56.1 Å². The van der Waals surface area contributed by atoms with Crippen LogP contribution < -0.4 is 17.7 Å². The average Bonchev–Trinajstić information content (AvgIpc) is 4.20. The Labute approximate surface area is 442 Å². The van der Waals surface area contributed by atoms with E-state index in [4.69, 9.17) is 9.47 Å². The molecule has 1 aliphatic carbocycles. The first-order valence-electron chi connectivity index (χ1n) is 26.5. The zero-order chi connectivity index (χ0) is 50.5. The molecule has 0 radical (unpaired) electrons. The molecule has 9 atom stereocenters. The molecular weight excluding hydrogens is 1010 g/mol. The summed E-state index contributed by atoms with van der Waals surface area (Å²) in [6.07, 6.45) is 11.4. The maximum absolute atomic E-state index is 14.4. The van der Waals surface area contributed by atoms with Crippen LogP contribution in [0.2, 0.25) is 0 Å². The largest absolute Gasteiger partial charge is 1.00 e. The van der Waals surface area contributed by atoms with Crippen LogP contribution in [-0.4, -0.2) is 139 Å². The number of H-pyrrole nitrogens is 1. The Morgan fingerprint density at radius 2 is 1.58 bits per heavy atom. The van der Waals surface area contributed by atoms with Crippen molar-refractivity contribution in [3.63, 3.8) is 0 Å². The van der Waals surface area contributed by atoms with Crippen molar-refractivity contribution in [3.8, 4) is 0 Å². The first-order valence-corrected chi connectivity index (χ1v) is 27.3. The number of nitrogens with one attached hydrogen (secondary N) is 2. The molecule has 8 aliphatic rings. The summed E-state index contributed by atoms with van der Waals surface area (Å²) in [4.78, 5) is 64.2. The fourth-order valence-electron chi connectivity index (χ4n) is 14.5. The summed E-state index contributed by atoms with van der Waals surface area (Å²) in [6.45, 7) is 11.2. The van der Waals surface area contributed by atoms with Gasteiger partial charge in [0.25, 0.3) is 11.8 Å². The van der Waals surface area contributed by atoms with Gasteiger partial charge in [-0.2, -0.15) is 0 Å². The van der Waals surface area contributed by atoms with Crippen LogP contribution in [0.5, 0.6) is 0 Å². The van der Waals surface area contributed by atoms with Crippen molar-refractivity contribution in [2.75, 3.05) is 33.2 Å². The highest BCUT2D eigenvalue weighted by Gasteiger charge is 2.72. The van der Waals surface area contributed by atoms with Crippen LogP contribution in [0, 0.1) is 17.8 Å². The van der Waals surface area contributed by atoms with Crippen molar-refractivity contribution < 1.29 is 55.8 Å². The molecule has 16 heteroatoms. The number of benzene rings is 3. The molecule has 1 spiro atoms. The molecule has 0 unspecified atom stereocenters. The first kappa shape index (κ1) is 51.9. The summed E-state index contributed by atoms with van der Waals surface area (Å²) in [5.41, 5.74) is 2.00. The third kappa shape index (κ3) is 8.29. The fraction of sp³-hybridized carbons (Fsp3) is 0.544. The number of esters is 1. The molecule has 7 aliphatic heterocycles. The Hall–Kier alpha value is -4.61. The molecule has 3 amide bonds. The number of hydrogen-bond acceptors (Lipinski definition) is 9. The lowest BCUT2D eigenvalue weighted by Gasteiger charge is -2.49. The van der Waals surface area contributed by atoms with Gasteiger partial charge in [-0.05, 0) is 88.5 Å². The van der Waals surface area contributed by atoms with E-state index < -0.39 is 53.0 Å². The number of aliphatic hydroxyl groups is 2. The topological polar surface area (TPSA) is 165 Å². The van der Waals surface area contributed by atoms with E-state index in [2.05, 4.69) is 43.3 Å². The van der Waals surface area contributed by atoms with Crippen LogP contribution in [-0.2, 0) is 40.7 Å². The number of likely N-dealkylation sites (N-methyl/N-ethyl adjacent to an activating group) is 1. The molecule has 390 valence electrons. The van der Waals surface area contributed by atoms with Crippen LogP contribution >= 0.6 is 15.9 Å². The van der Waals surface area contributed by atoms with Crippen molar-refractivity contribution in [1.82, 2.24) is 25.0 Å². The maximum atomic E-state index is 14.4. The summed E-state index contributed by atoms with van der Waals surface area (Å²) < 4.78 is 14.8. The summed E-state index contributed by atoms with van der Waals surface area (Å²) >= 11 is 3.70. The zero-order valence-electron chi connectivity index (χ0n) is 42.6. The number of carbonyl (C=O) groups excluding carboxylic acids is 4. The second-order valence-electron chi connectivity index (χ2n) is 22.8. The van der Waals surface area contributed by atoms with E-state index in [0.717, 1.165) is 46.9 Å². The van der Waals surface area contributed by atoms with Crippen molar-refractivity contribution in [2.24, 2.45) is 17.8 Å². The highest BCUT2D eigenvalue weighted by atomic mass is 79.9. The number of quaternary nitrogens is 1.